The smallest absolute Gasteiger partial charge is 0.231 e. The molecule has 1 atom stereocenters. The molecule has 1 unspecified atom stereocenters. The van der Waals surface area contributed by atoms with Gasteiger partial charge in [-0.1, -0.05) is 64.2 Å². The lowest BCUT2D eigenvalue weighted by Gasteiger charge is -2.29. The van der Waals surface area contributed by atoms with Crippen LogP contribution in [0.5, 0.6) is 11.5 Å². The molecule has 144 valence electrons. The van der Waals surface area contributed by atoms with Gasteiger partial charge in [0, 0.05) is 11.3 Å². The SMILES string of the molecule is CCCCC1=C(CCCC)P(=S)(C[Si](C)(C)C)c2c1ccc1c2OCO1. The van der Waals surface area contributed by atoms with Gasteiger partial charge >= 0.3 is 0 Å². The minimum Gasteiger partial charge on any atom is -0.454 e. The van der Waals surface area contributed by atoms with E-state index in [0.717, 1.165) is 17.9 Å². The van der Waals surface area contributed by atoms with Crippen molar-refractivity contribution >= 4 is 36.8 Å². The van der Waals surface area contributed by atoms with Crippen LogP contribution >= 0.6 is 6.04 Å². The van der Waals surface area contributed by atoms with Gasteiger partial charge in [0.1, 0.15) is 0 Å². The fourth-order valence-electron chi connectivity index (χ4n) is 4.22. The van der Waals surface area contributed by atoms with Crippen molar-refractivity contribution in [2.45, 2.75) is 72.0 Å². The van der Waals surface area contributed by atoms with E-state index in [1.165, 1.54) is 48.8 Å². The van der Waals surface area contributed by atoms with Crippen LogP contribution in [0, 0.1) is 0 Å². The number of unbranched alkanes of at least 4 members (excludes halogenated alkanes) is 2. The molecular formula is C21H33O2PSSi. The molecule has 0 aliphatic carbocycles. The van der Waals surface area contributed by atoms with Crippen LogP contribution < -0.4 is 14.8 Å². The second-order valence-corrected chi connectivity index (χ2v) is 19.5. The van der Waals surface area contributed by atoms with Gasteiger partial charge in [-0.2, -0.15) is 0 Å². The van der Waals surface area contributed by atoms with Crippen molar-refractivity contribution in [1.29, 1.82) is 0 Å². The van der Waals surface area contributed by atoms with E-state index in [4.69, 9.17) is 21.3 Å². The monoisotopic (exact) mass is 408 g/mol. The average Bonchev–Trinajstić information content (AvgIpc) is 3.10. The van der Waals surface area contributed by atoms with E-state index in [2.05, 4.69) is 45.6 Å². The topological polar surface area (TPSA) is 18.5 Å². The van der Waals surface area contributed by atoms with Crippen LogP contribution in [0.15, 0.2) is 17.4 Å². The summed E-state index contributed by atoms with van der Waals surface area (Å²) in [5, 5.41) is 2.99. The molecule has 1 aromatic rings. The lowest BCUT2D eigenvalue weighted by atomic mass is 9.98. The fourth-order valence-corrected chi connectivity index (χ4v) is 18.2. The fraction of sp³-hybridized carbons (Fsp3) is 0.619. The molecule has 2 nitrogen and oxygen atoms in total. The zero-order valence-electron chi connectivity index (χ0n) is 17.0. The van der Waals surface area contributed by atoms with Crippen LogP contribution in [0.3, 0.4) is 0 Å². The van der Waals surface area contributed by atoms with Gasteiger partial charge in [-0.15, -0.1) is 0 Å². The molecule has 5 heteroatoms. The highest BCUT2D eigenvalue weighted by molar-refractivity contribution is 8.21. The van der Waals surface area contributed by atoms with Gasteiger partial charge in [0.15, 0.2) is 11.5 Å². The number of hydrogen-bond acceptors (Lipinski definition) is 3. The van der Waals surface area contributed by atoms with Crippen LogP contribution in [0.2, 0.25) is 19.6 Å². The van der Waals surface area contributed by atoms with Gasteiger partial charge in [-0.05, 0) is 54.0 Å². The zero-order valence-corrected chi connectivity index (χ0v) is 19.7. The Morgan fingerprint density at radius 2 is 1.73 bits per heavy atom. The van der Waals surface area contributed by atoms with Crippen molar-refractivity contribution in [3.05, 3.63) is 23.0 Å². The molecule has 2 aliphatic heterocycles. The predicted molar refractivity (Wildman–Crippen MR) is 121 cm³/mol. The minimum absolute atomic E-state index is 0.336. The Kier molecular flexibility index (Phi) is 6.06. The third-order valence-corrected chi connectivity index (χ3v) is 15.7. The van der Waals surface area contributed by atoms with Crippen LogP contribution in [0.1, 0.15) is 57.9 Å². The zero-order chi connectivity index (χ0) is 18.9. The molecule has 2 heterocycles. The second kappa shape index (κ2) is 7.81. The van der Waals surface area contributed by atoms with E-state index in [1.807, 2.05) is 0 Å². The molecule has 0 radical (unpaired) electrons. The Bertz CT molecular complexity index is 764. The third-order valence-electron chi connectivity index (χ3n) is 5.23. The number of rotatable bonds is 8. The highest BCUT2D eigenvalue weighted by Gasteiger charge is 2.43. The molecule has 0 bridgehead atoms. The second-order valence-electron chi connectivity index (χ2n) is 8.79. The van der Waals surface area contributed by atoms with Crippen LogP contribution in [-0.4, -0.2) is 20.7 Å². The number of hydrogen-bond donors (Lipinski definition) is 0. The summed E-state index contributed by atoms with van der Waals surface area (Å²) in [5.74, 6) is 3.08. The lowest BCUT2D eigenvalue weighted by molar-refractivity contribution is 0.174. The van der Waals surface area contributed by atoms with Crippen molar-refractivity contribution in [1.82, 2.24) is 0 Å². The number of fused-ring (bicyclic) bond motifs is 3. The predicted octanol–water partition coefficient (Wildman–Crippen LogP) is 6.50. The summed E-state index contributed by atoms with van der Waals surface area (Å²) in [4.78, 5) is 0. The average molecular weight is 409 g/mol. The Morgan fingerprint density at radius 1 is 1.04 bits per heavy atom. The maximum Gasteiger partial charge on any atom is 0.231 e. The van der Waals surface area contributed by atoms with Crippen molar-refractivity contribution in [3.63, 3.8) is 0 Å². The van der Waals surface area contributed by atoms with Gasteiger partial charge in [0.2, 0.25) is 6.79 Å². The van der Waals surface area contributed by atoms with Crippen LogP contribution in [0.4, 0.5) is 0 Å². The number of benzene rings is 1. The van der Waals surface area contributed by atoms with Gasteiger partial charge < -0.3 is 9.47 Å². The molecule has 0 N–H and O–H groups in total. The molecule has 3 rings (SSSR count). The minimum atomic E-state index is -1.79. The van der Waals surface area contributed by atoms with Crippen molar-refractivity contribution in [2.75, 3.05) is 12.6 Å². The first-order chi connectivity index (χ1) is 12.3. The summed E-state index contributed by atoms with van der Waals surface area (Å²) < 4.78 is 11.7. The molecule has 0 aromatic heterocycles. The van der Waals surface area contributed by atoms with Crippen LogP contribution in [0.25, 0.3) is 5.57 Å². The molecule has 0 saturated carbocycles. The maximum absolute atomic E-state index is 6.63. The third kappa shape index (κ3) is 3.70. The molecule has 1 aromatic carbocycles. The first-order valence-electron chi connectivity index (χ1n) is 10.1. The van der Waals surface area contributed by atoms with Crippen molar-refractivity contribution in [3.8, 4) is 11.5 Å². The Labute approximate surface area is 165 Å². The van der Waals surface area contributed by atoms with Crippen molar-refractivity contribution in [2.24, 2.45) is 0 Å². The summed E-state index contributed by atoms with van der Waals surface area (Å²) in [5.41, 5.74) is 2.96. The molecule has 0 fully saturated rings. The molecule has 2 aliphatic rings. The molecule has 26 heavy (non-hydrogen) atoms. The molecule has 0 spiro atoms. The number of allylic oxidation sites excluding steroid dienone is 2. The van der Waals surface area contributed by atoms with E-state index in [9.17, 15) is 0 Å². The summed E-state index contributed by atoms with van der Waals surface area (Å²) in [7, 11) is -1.32. The maximum atomic E-state index is 6.63. The standard InChI is InChI=1S/C21H33O2PSSi/c1-6-8-10-16-17-12-13-18-20(23-14-22-18)21(17)24(25,15-26(3,4)5)19(16)11-9-7-2/h12-13H,6-11,14-15H2,1-5H3. The normalized spacial score (nSPS) is 21.4. The Morgan fingerprint density at radius 3 is 2.38 bits per heavy atom. The summed E-state index contributed by atoms with van der Waals surface area (Å²) in [6.45, 7) is 12.3. The highest BCUT2D eigenvalue weighted by Crippen LogP contribution is 2.67. The summed E-state index contributed by atoms with van der Waals surface area (Å²) >= 11 is 6.63. The number of ether oxygens (including phenoxy) is 2. The Hall–Kier alpha value is -0.573. The largest absolute Gasteiger partial charge is 0.454 e. The summed E-state index contributed by atoms with van der Waals surface area (Å²) in [6.07, 6.45) is 7.25. The molecule has 0 saturated heterocycles. The quantitative estimate of drug-likeness (QED) is 0.361. The van der Waals surface area contributed by atoms with E-state index < -0.39 is 14.1 Å². The van der Waals surface area contributed by atoms with Crippen LogP contribution in [-0.2, 0) is 11.8 Å². The lowest BCUT2D eigenvalue weighted by Crippen LogP contribution is -2.29. The first kappa shape index (κ1) is 20.2. The first-order valence-corrected chi connectivity index (χ1v) is 16.8. The van der Waals surface area contributed by atoms with Gasteiger partial charge in [0.25, 0.3) is 0 Å². The molecular weight excluding hydrogens is 375 g/mol. The highest BCUT2D eigenvalue weighted by atomic mass is 32.4. The van der Waals surface area contributed by atoms with E-state index >= 15 is 0 Å². The van der Waals surface area contributed by atoms with Crippen molar-refractivity contribution < 1.29 is 9.47 Å². The van der Waals surface area contributed by atoms with E-state index in [-0.39, 0.29) is 0 Å². The van der Waals surface area contributed by atoms with Gasteiger partial charge in [-0.25, -0.2) is 0 Å². The van der Waals surface area contributed by atoms with E-state index in [0.29, 0.717) is 6.79 Å². The van der Waals surface area contributed by atoms with E-state index in [1.54, 1.807) is 10.9 Å². The molecule has 0 amide bonds. The Balaban J connectivity index is 2.20. The van der Waals surface area contributed by atoms with Gasteiger partial charge in [0.05, 0.1) is 8.07 Å². The summed E-state index contributed by atoms with van der Waals surface area (Å²) in [6, 6.07) is 2.59. The van der Waals surface area contributed by atoms with Gasteiger partial charge in [-0.3, -0.25) is 0 Å².